The summed E-state index contributed by atoms with van der Waals surface area (Å²) in [6, 6.07) is 0.765. The molecule has 0 fully saturated rings. The Morgan fingerprint density at radius 3 is 2.36 bits per heavy atom. The number of carbonyl (C=O) groups is 1. The van der Waals surface area contributed by atoms with E-state index in [0.29, 0.717) is 11.5 Å². The van der Waals surface area contributed by atoms with Crippen LogP contribution in [0.2, 0.25) is 0 Å². The van der Waals surface area contributed by atoms with Gasteiger partial charge in [0.25, 0.3) is 0 Å². The van der Waals surface area contributed by atoms with E-state index < -0.39 is 29.1 Å². The van der Waals surface area contributed by atoms with Crippen LogP contribution in [-0.4, -0.2) is 21.7 Å². The lowest BCUT2D eigenvalue weighted by atomic mass is 10.1. The summed E-state index contributed by atoms with van der Waals surface area (Å²) in [4.78, 5) is 19.4. The summed E-state index contributed by atoms with van der Waals surface area (Å²) in [6.07, 6.45) is -4.49. The Bertz CT molecular complexity index is 773. The van der Waals surface area contributed by atoms with Gasteiger partial charge in [0, 0.05) is 0 Å². The second kappa shape index (κ2) is 6.38. The fourth-order valence-corrected chi connectivity index (χ4v) is 1.92. The van der Waals surface area contributed by atoms with E-state index in [1.807, 2.05) is 0 Å². The van der Waals surface area contributed by atoms with Gasteiger partial charge < -0.3 is 9.15 Å². The van der Waals surface area contributed by atoms with Crippen LogP contribution in [-0.2, 0) is 10.9 Å². The van der Waals surface area contributed by atoms with Gasteiger partial charge in [-0.1, -0.05) is 0 Å². The summed E-state index contributed by atoms with van der Waals surface area (Å²) in [5.41, 5.74) is -1.97. The summed E-state index contributed by atoms with van der Waals surface area (Å²) in [5, 5.41) is 2.23. The Morgan fingerprint density at radius 1 is 1.24 bits per heavy atom. The highest BCUT2D eigenvalue weighted by Crippen LogP contribution is 2.37. The van der Waals surface area contributed by atoms with Gasteiger partial charge >= 0.3 is 12.3 Å². The maximum atomic E-state index is 13.4. The molecule has 2 heterocycles. The van der Waals surface area contributed by atoms with Crippen LogP contribution >= 0.6 is 0 Å². The summed E-state index contributed by atoms with van der Waals surface area (Å²) < 4.78 is 50.4. The van der Waals surface area contributed by atoms with Crippen LogP contribution in [0.5, 0.6) is 0 Å². The van der Waals surface area contributed by atoms with Crippen LogP contribution in [0, 0.1) is 13.8 Å². The topological polar surface area (TPSA) is 77.2 Å². The van der Waals surface area contributed by atoms with E-state index in [4.69, 9.17) is 9.15 Å². The van der Waals surface area contributed by atoms with Gasteiger partial charge in [0.05, 0.1) is 23.1 Å². The Balaban J connectivity index is 2.39. The number of oxazole rings is 1. The fourth-order valence-electron chi connectivity index (χ4n) is 1.92. The molecule has 25 heavy (non-hydrogen) atoms. The van der Waals surface area contributed by atoms with Gasteiger partial charge in [-0.2, -0.15) is 13.2 Å². The van der Waals surface area contributed by atoms with Crippen molar-refractivity contribution in [1.29, 1.82) is 0 Å². The predicted molar refractivity (Wildman–Crippen MR) is 84.1 cm³/mol. The lowest BCUT2D eigenvalue weighted by Crippen LogP contribution is -2.27. The molecule has 0 saturated carbocycles. The van der Waals surface area contributed by atoms with Crippen LogP contribution in [0.15, 0.2) is 16.7 Å². The number of nitrogens with one attached hydrogen (secondary N) is 1. The van der Waals surface area contributed by atoms with E-state index >= 15 is 0 Å². The first kappa shape index (κ1) is 18.8. The second-order valence-corrected chi connectivity index (χ2v) is 6.41. The zero-order chi connectivity index (χ0) is 19.0. The Kier molecular flexibility index (Phi) is 4.79. The molecule has 0 aliphatic rings. The normalized spacial score (nSPS) is 12.2. The molecule has 2 aromatic heterocycles. The molecule has 9 heteroatoms. The number of carbonyl (C=O) groups excluding carboxylic acids is 1. The minimum absolute atomic E-state index is 0.148. The fraction of sp³-hybridized carbons (Fsp3) is 0.438. The summed E-state index contributed by atoms with van der Waals surface area (Å²) in [7, 11) is 0. The minimum atomic E-state index is -4.70. The number of nitrogens with zero attached hydrogens (tertiary/aromatic N) is 2. The van der Waals surface area contributed by atoms with Crippen LogP contribution in [0.4, 0.5) is 23.7 Å². The molecule has 0 radical (unpaired) electrons. The SMILES string of the molecule is Cc1nc(-c2ncc(NC(=O)OC(C)(C)C)cc2C(F)(F)F)oc1C. The third-order valence-corrected chi connectivity index (χ3v) is 3.07. The predicted octanol–water partition coefficient (Wildman–Crippen LogP) is 4.72. The Hall–Kier alpha value is -2.58. The smallest absolute Gasteiger partial charge is 0.418 e. The third-order valence-electron chi connectivity index (χ3n) is 3.07. The number of hydrogen-bond acceptors (Lipinski definition) is 5. The van der Waals surface area contributed by atoms with Crippen molar-refractivity contribution in [1.82, 2.24) is 9.97 Å². The molecule has 0 aliphatic heterocycles. The van der Waals surface area contributed by atoms with E-state index in [9.17, 15) is 18.0 Å². The monoisotopic (exact) mass is 357 g/mol. The molecule has 1 N–H and O–H groups in total. The zero-order valence-corrected chi connectivity index (χ0v) is 14.4. The number of alkyl halides is 3. The highest BCUT2D eigenvalue weighted by molar-refractivity contribution is 5.85. The maximum Gasteiger partial charge on any atom is 0.418 e. The quantitative estimate of drug-likeness (QED) is 0.841. The van der Waals surface area contributed by atoms with E-state index in [1.54, 1.807) is 34.6 Å². The summed E-state index contributed by atoms with van der Waals surface area (Å²) in [5.74, 6) is 0.173. The lowest BCUT2D eigenvalue weighted by Gasteiger charge is -2.20. The molecular weight excluding hydrogens is 339 g/mol. The zero-order valence-electron chi connectivity index (χ0n) is 14.4. The molecule has 1 amide bonds. The summed E-state index contributed by atoms with van der Waals surface area (Å²) in [6.45, 7) is 8.14. The van der Waals surface area contributed by atoms with Gasteiger partial charge in [-0.05, 0) is 40.7 Å². The van der Waals surface area contributed by atoms with Gasteiger partial charge in [-0.25, -0.2) is 14.8 Å². The molecule has 0 bridgehead atoms. The highest BCUT2D eigenvalue weighted by Gasteiger charge is 2.36. The van der Waals surface area contributed by atoms with Gasteiger partial charge in [-0.3, -0.25) is 5.32 Å². The number of pyridine rings is 1. The molecule has 2 rings (SSSR count). The van der Waals surface area contributed by atoms with Crippen molar-refractivity contribution >= 4 is 11.8 Å². The van der Waals surface area contributed by atoms with Crippen molar-refractivity contribution in [2.75, 3.05) is 5.32 Å². The van der Waals surface area contributed by atoms with E-state index in [1.165, 1.54) is 0 Å². The first-order chi connectivity index (χ1) is 11.4. The van der Waals surface area contributed by atoms with Crippen molar-refractivity contribution in [2.24, 2.45) is 0 Å². The lowest BCUT2D eigenvalue weighted by molar-refractivity contribution is -0.137. The number of rotatable bonds is 2. The number of anilines is 1. The van der Waals surface area contributed by atoms with Gasteiger partial charge in [-0.15, -0.1) is 0 Å². The van der Waals surface area contributed by atoms with Crippen molar-refractivity contribution in [3.8, 4) is 11.6 Å². The van der Waals surface area contributed by atoms with E-state index in [0.717, 1.165) is 12.3 Å². The van der Waals surface area contributed by atoms with Gasteiger partial charge in [0.1, 0.15) is 17.1 Å². The number of aryl methyl sites for hydroxylation is 2. The molecule has 0 unspecified atom stereocenters. The number of aromatic nitrogens is 2. The minimum Gasteiger partial charge on any atom is -0.444 e. The average Bonchev–Trinajstić information content (AvgIpc) is 2.75. The van der Waals surface area contributed by atoms with Crippen LogP contribution in [0.25, 0.3) is 11.6 Å². The average molecular weight is 357 g/mol. The largest absolute Gasteiger partial charge is 0.444 e. The molecular formula is C16H18F3N3O3. The molecule has 0 atom stereocenters. The number of hydrogen-bond donors (Lipinski definition) is 1. The maximum absolute atomic E-state index is 13.4. The van der Waals surface area contributed by atoms with Crippen molar-refractivity contribution in [2.45, 2.75) is 46.4 Å². The number of ether oxygens (including phenoxy) is 1. The Morgan fingerprint density at radius 2 is 1.88 bits per heavy atom. The molecule has 0 aromatic carbocycles. The first-order valence-electron chi connectivity index (χ1n) is 7.38. The van der Waals surface area contributed by atoms with Gasteiger partial charge in [0.2, 0.25) is 5.89 Å². The van der Waals surface area contributed by atoms with Crippen LogP contribution < -0.4 is 5.32 Å². The molecule has 0 saturated heterocycles. The molecule has 136 valence electrons. The van der Waals surface area contributed by atoms with Crippen molar-refractivity contribution in [3.05, 3.63) is 29.3 Å². The van der Waals surface area contributed by atoms with E-state index in [-0.39, 0.29) is 11.6 Å². The first-order valence-corrected chi connectivity index (χ1v) is 7.38. The third kappa shape index (κ3) is 4.71. The van der Waals surface area contributed by atoms with E-state index in [2.05, 4.69) is 15.3 Å². The second-order valence-electron chi connectivity index (χ2n) is 6.41. The molecule has 2 aromatic rings. The standard InChI is InChI=1S/C16H18F3N3O3/c1-8-9(2)24-13(21-8)12-11(16(17,18)19)6-10(7-20-12)22-14(23)25-15(3,4)5/h6-7H,1-5H3,(H,22,23). The van der Waals surface area contributed by atoms with Crippen molar-refractivity contribution in [3.63, 3.8) is 0 Å². The van der Waals surface area contributed by atoms with Crippen LogP contribution in [0.1, 0.15) is 37.8 Å². The molecule has 6 nitrogen and oxygen atoms in total. The highest BCUT2D eigenvalue weighted by atomic mass is 19.4. The molecule has 0 aliphatic carbocycles. The number of amides is 1. The molecule has 0 spiro atoms. The summed E-state index contributed by atoms with van der Waals surface area (Å²) >= 11 is 0. The van der Waals surface area contributed by atoms with Crippen LogP contribution in [0.3, 0.4) is 0 Å². The van der Waals surface area contributed by atoms with Crippen molar-refractivity contribution < 1.29 is 27.1 Å². The number of halogens is 3. The van der Waals surface area contributed by atoms with Gasteiger partial charge in [0.15, 0.2) is 0 Å². The Labute approximate surface area is 142 Å².